The molecular weight excluding hydrogens is 142 g/mol. The summed E-state index contributed by atoms with van der Waals surface area (Å²) >= 11 is 0. The van der Waals surface area contributed by atoms with E-state index in [0.717, 1.165) is 0 Å². The summed E-state index contributed by atoms with van der Waals surface area (Å²) in [6, 6.07) is 1.95. The van der Waals surface area contributed by atoms with Gasteiger partial charge in [0.2, 0.25) is 0 Å². The molecule has 0 bridgehead atoms. The van der Waals surface area contributed by atoms with Crippen molar-refractivity contribution >= 4 is 5.97 Å². The maximum Gasteiger partial charge on any atom is 0.335 e. The number of rotatable bonds is 1. The molecule has 0 amide bonds. The Hall–Kier alpha value is -1.56. The zero-order valence-electron chi connectivity index (χ0n) is 5.87. The molecule has 56 valence electrons. The number of nitrogens with zero attached hydrogens (tertiary/aromatic N) is 1. The van der Waals surface area contributed by atoms with Gasteiger partial charge in [0.1, 0.15) is 0 Å². The van der Waals surface area contributed by atoms with E-state index in [1.807, 2.05) is 6.07 Å². The molecule has 0 radical (unpaired) electrons. The minimum atomic E-state index is -0.961. The third-order valence-electron chi connectivity index (χ3n) is 1.50. The van der Waals surface area contributed by atoms with Gasteiger partial charge in [0.25, 0.3) is 0 Å². The summed E-state index contributed by atoms with van der Waals surface area (Å²) in [5.41, 5.74) is 0.776. The number of carboxylic acids is 1. The van der Waals surface area contributed by atoms with E-state index >= 15 is 0 Å². The smallest absolute Gasteiger partial charge is 0.335 e. The van der Waals surface area contributed by atoms with E-state index in [0.29, 0.717) is 18.4 Å². The van der Waals surface area contributed by atoms with Gasteiger partial charge in [-0.25, -0.2) is 4.79 Å². The van der Waals surface area contributed by atoms with E-state index in [4.69, 9.17) is 10.4 Å². The topological polar surface area (TPSA) is 61.1 Å². The Morgan fingerprint density at radius 2 is 2.45 bits per heavy atom. The van der Waals surface area contributed by atoms with Gasteiger partial charge < -0.3 is 5.11 Å². The first-order valence-corrected chi connectivity index (χ1v) is 3.28. The van der Waals surface area contributed by atoms with Crippen molar-refractivity contribution in [2.24, 2.45) is 0 Å². The fraction of sp³-hybridized carbons (Fsp3) is 0.250. The molecule has 1 rings (SSSR count). The van der Waals surface area contributed by atoms with Crippen LogP contribution in [0.15, 0.2) is 23.3 Å². The van der Waals surface area contributed by atoms with Gasteiger partial charge in [-0.2, -0.15) is 5.26 Å². The summed E-state index contributed by atoms with van der Waals surface area (Å²) < 4.78 is 0. The Morgan fingerprint density at radius 3 is 3.00 bits per heavy atom. The second-order valence-electron chi connectivity index (χ2n) is 2.28. The Bertz CT molecular complexity index is 281. The zero-order valence-corrected chi connectivity index (χ0v) is 5.87. The molecule has 11 heavy (non-hydrogen) atoms. The standard InChI is InChI=1S/C8H7NO2/c9-5-6-2-1-3-7(4-6)8(10)11/h3-4H,1-2H2,(H,10,11). The SMILES string of the molecule is N#CC1=CC(C(=O)O)=CCC1. The lowest BCUT2D eigenvalue weighted by molar-refractivity contribution is -0.132. The van der Waals surface area contributed by atoms with E-state index in [9.17, 15) is 4.79 Å². The number of nitriles is 1. The average Bonchev–Trinajstić information content (AvgIpc) is 2.05. The molecule has 0 aliphatic heterocycles. The summed E-state index contributed by atoms with van der Waals surface area (Å²) in [5, 5.41) is 17.0. The summed E-state index contributed by atoms with van der Waals surface area (Å²) in [7, 11) is 0. The Labute approximate surface area is 64.3 Å². The van der Waals surface area contributed by atoms with Gasteiger partial charge in [0.15, 0.2) is 0 Å². The molecule has 0 fully saturated rings. The summed E-state index contributed by atoms with van der Waals surface area (Å²) in [6.45, 7) is 0. The lowest BCUT2D eigenvalue weighted by Gasteiger charge is -2.03. The van der Waals surface area contributed by atoms with Gasteiger partial charge in [-0.05, 0) is 18.9 Å². The number of aliphatic carboxylic acids is 1. The van der Waals surface area contributed by atoms with Crippen LogP contribution in [0.1, 0.15) is 12.8 Å². The predicted molar refractivity (Wildman–Crippen MR) is 38.6 cm³/mol. The van der Waals surface area contributed by atoms with Crippen LogP contribution in [0, 0.1) is 11.3 Å². The van der Waals surface area contributed by atoms with Crippen LogP contribution in [0.25, 0.3) is 0 Å². The van der Waals surface area contributed by atoms with Crippen molar-refractivity contribution in [2.45, 2.75) is 12.8 Å². The molecule has 3 nitrogen and oxygen atoms in total. The maximum atomic E-state index is 10.4. The van der Waals surface area contributed by atoms with Gasteiger partial charge in [-0.15, -0.1) is 0 Å². The van der Waals surface area contributed by atoms with E-state index in [1.54, 1.807) is 6.08 Å². The molecule has 0 aromatic carbocycles. The third-order valence-corrected chi connectivity index (χ3v) is 1.50. The Morgan fingerprint density at radius 1 is 1.73 bits per heavy atom. The van der Waals surface area contributed by atoms with Crippen LogP contribution in [0.2, 0.25) is 0 Å². The van der Waals surface area contributed by atoms with Crippen LogP contribution in [0.4, 0.5) is 0 Å². The van der Waals surface area contributed by atoms with Crippen molar-refractivity contribution in [3.05, 3.63) is 23.3 Å². The predicted octanol–water partition coefficient (Wildman–Crippen LogP) is 1.24. The first-order chi connectivity index (χ1) is 5.24. The van der Waals surface area contributed by atoms with Crippen LogP contribution in [0.3, 0.4) is 0 Å². The molecule has 1 N–H and O–H groups in total. The van der Waals surface area contributed by atoms with Gasteiger partial charge >= 0.3 is 5.97 Å². The number of hydrogen-bond donors (Lipinski definition) is 1. The van der Waals surface area contributed by atoms with Crippen LogP contribution in [0.5, 0.6) is 0 Å². The molecule has 3 heteroatoms. The van der Waals surface area contributed by atoms with Crippen LogP contribution >= 0.6 is 0 Å². The van der Waals surface area contributed by atoms with Crippen molar-refractivity contribution in [1.82, 2.24) is 0 Å². The van der Waals surface area contributed by atoms with Gasteiger partial charge in [-0.3, -0.25) is 0 Å². The van der Waals surface area contributed by atoms with Crippen molar-refractivity contribution in [3.8, 4) is 6.07 Å². The Kier molecular flexibility index (Phi) is 2.07. The third kappa shape index (κ3) is 1.68. The lowest BCUT2D eigenvalue weighted by Crippen LogP contribution is -2.01. The second kappa shape index (κ2) is 3.02. The van der Waals surface area contributed by atoms with Crippen molar-refractivity contribution in [2.75, 3.05) is 0 Å². The highest BCUT2D eigenvalue weighted by molar-refractivity contribution is 5.90. The van der Waals surface area contributed by atoms with Gasteiger partial charge in [-0.1, -0.05) is 6.08 Å². The zero-order chi connectivity index (χ0) is 8.27. The van der Waals surface area contributed by atoms with Gasteiger partial charge in [0.05, 0.1) is 11.6 Å². The van der Waals surface area contributed by atoms with Crippen LogP contribution in [-0.4, -0.2) is 11.1 Å². The molecule has 0 saturated carbocycles. The van der Waals surface area contributed by atoms with Gasteiger partial charge in [0, 0.05) is 5.57 Å². The second-order valence-corrected chi connectivity index (χ2v) is 2.28. The van der Waals surface area contributed by atoms with Crippen molar-refractivity contribution in [3.63, 3.8) is 0 Å². The molecule has 0 heterocycles. The van der Waals surface area contributed by atoms with Crippen LogP contribution in [-0.2, 0) is 4.79 Å². The van der Waals surface area contributed by atoms with E-state index in [2.05, 4.69) is 0 Å². The average molecular weight is 149 g/mol. The number of carbonyl (C=O) groups is 1. The maximum absolute atomic E-state index is 10.4. The lowest BCUT2D eigenvalue weighted by atomic mass is 10.0. The monoisotopic (exact) mass is 149 g/mol. The van der Waals surface area contributed by atoms with Crippen molar-refractivity contribution in [1.29, 1.82) is 5.26 Å². The minimum Gasteiger partial charge on any atom is -0.478 e. The molecule has 1 aliphatic carbocycles. The molecule has 0 saturated heterocycles. The highest BCUT2D eigenvalue weighted by Crippen LogP contribution is 2.16. The molecule has 0 atom stereocenters. The summed E-state index contributed by atoms with van der Waals surface area (Å²) in [4.78, 5) is 10.4. The highest BCUT2D eigenvalue weighted by atomic mass is 16.4. The molecule has 1 aliphatic rings. The minimum absolute atomic E-state index is 0.229. The van der Waals surface area contributed by atoms with E-state index in [-0.39, 0.29) is 5.57 Å². The first kappa shape index (κ1) is 7.55. The Balaban J connectivity index is 2.87. The normalized spacial score (nSPS) is 16.3. The molecule has 0 aromatic rings. The highest BCUT2D eigenvalue weighted by Gasteiger charge is 2.09. The van der Waals surface area contributed by atoms with Crippen molar-refractivity contribution < 1.29 is 9.90 Å². The molecule has 0 aromatic heterocycles. The fourth-order valence-electron chi connectivity index (χ4n) is 0.939. The molecule has 0 spiro atoms. The first-order valence-electron chi connectivity index (χ1n) is 3.28. The summed E-state index contributed by atoms with van der Waals surface area (Å²) in [5.74, 6) is -0.961. The number of carboxylic acid groups (broad SMARTS) is 1. The number of allylic oxidation sites excluding steroid dienone is 2. The fourth-order valence-corrected chi connectivity index (χ4v) is 0.939. The van der Waals surface area contributed by atoms with E-state index in [1.165, 1.54) is 6.08 Å². The largest absolute Gasteiger partial charge is 0.478 e. The summed E-state index contributed by atoms with van der Waals surface area (Å²) in [6.07, 6.45) is 4.36. The van der Waals surface area contributed by atoms with Crippen LogP contribution < -0.4 is 0 Å². The molecule has 0 unspecified atom stereocenters. The van der Waals surface area contributed by atoms with E-state index < -0.39 is 5.97 Å². The molecular formula is C8H7NO2. The quantitative estimate of drug-likeness (QED) is 0.610. The number of hydrogen-bond acceptors (Lipinski definition) is 2.